The lowest BCUT2D eigenvalue weighted by atomic mass is 10.0. The molecule has 0 aromatic heterocycles. The van der Waals surface area contributed by atoms with Gasteiger partial charge in [-0.3, -0.25) is 9.59 Å². The number of carbonyl (C=O) groups excluding carboxylic acids is 2. The highest BCUT2D eigenvalue weighted by Crippen LogP contribution is 2.22. The monoisotopic (exact) mass is 241 g/mol. The van der Waals surface area contributed by atoms with Gasteiger partial charge in [-0.1, -0.05) is 0 Å². The van der Waals surface area contributed by atoms with Gasteiger partial charge in [0, 0.05) is 19.6 Å². The van der Waals surface area contributed by atoms with Crippen molar-refractivity contribution in [2.24, 2.45) is 11.7 Å². The standard InChI is InChI=1S/C11H19N3O3/c1-7-4-8(6-17-7)11(16)14-3-2-13-5-9(14)10(12)15/h7-9,13H,2-6H2,1H3,(H2,12,15). The van der Waals surface area contributed by atoms with Crippen LogP contribution in [0.4, 0.5) is 0 Å². The molecule has 6 nitrogen and oxygen atoms in total. The zero-order chi connectivity index (χ0) is 12.4. The van der Waals surface area contributed by atoms with Crippen LogP contribution in [0.25, 0.3) is 0 Å². The molecule has 0 spiro atoms. The zero-order valence-corrected chi connectivity index (χ0v) is 10.0. The number of hydrogen-bond donors (Lipinski definition) is 2. The van der Waals surface area contributed by atoms with Crippen LogP contribution in [-0.4, -0.2) is 55.1 Å². The molecule has 2 saturated heterocycles. The summed E-state index contributed by atoms with van der Waals surface area (Å²) >= 11 is 0. The fourth-order valence-electron chi connectivity index (χ4n) is 2.45. The minimum absolute atomic E-state index is 0.000324. The summed E-state index contributed by atoms with van der Waals surface area (Å²) in [5.41, 5.74) is 5.32. The van der Waals surface area contributed by atoms with Crippen molar-refractivity contribution >= 4 is 11.8 Å². The van der Waals surface area contributed by atoms with Gasteiger partial charge >= 0.3 is 0 Å². The van der Waals surface area contributed by atoms with Crippen LogP contribution in [0.15, 0.2) is 0 Å². The Hall–Kier alpha value is -1.14. The molecule has 0 radical (unpaired) electrons. The molecule has 2 amide bonds. The summed E-state index contributed by atoms with van der Waals surface area (Å²) in [6.45, 7) is 4.10. The van der Waals surface area contributed by atoms with Crippen LogP contribution in [0.2, 0.25) is 0 Å². The third kappa shape index (κ3) is 2.58. The van der Waals surface area contributed by atoms with Gasteiger partial charge < -0.3 is 20.7 Å². The first-order valence-corrected chi connectivity index (χ1v) is 6.01. The Bertz CT molecular complexity index is 321. The van der Waals surface area contributed by atoms with Crippen molar-refractivity contribution in [3.05, 3.63) is 0 Å². The normalized spacial score (nSPS) is 33.7. The van der Waals surface area contributed by atoms with Gasteiger partial charge in [0.15, 0.2) is 0 Å². The van der Waals surface area contributed by atoms with Crippen molar-refractivity contribution in [2.75, 3.05) is 26.2 Å². The van der Waals surface area contributed by atoms with Crippen molar-refractivity contribution in [1.29, 1.82) is 0 Å². The summed E-state index contributed by atoms with van der Waals surface area (Å²) in [6, 6.07) is -0.521. The van der Waals surface area contributed by atoms with E-state index in [1.165, 1.54) is 0 Å². The number of rotatable bonds is 2. The van der Waals surface area contributed by atoms with Gasteiger partial charge in [-0.15, -0.1) is 0 Å². The van der Waals surface area contributed by atoms with Crippen LogP contribution in [0.1, 0.15) is 13.3 Å². The van der Waals surface area contributed by atoms with Gasteiger partial charge in [-0.05, 0) is 13.3 Å². The zero-order valence-electron chi connectivity index (χ0n) is 10.0. The molecule has 6 heteroatoms. The minimum Gasteiger partial charge on any atom is -0.378 e. The lowest BCUT2D eigenvalue weighted by Gasteiger charge is -2.35. The summed E-state index contributed by atoms with van der Waals surface area (Å²) in [5, 5.41) is 3.07. The van der Waals surface area contributed by atoms with E-state index >= 15 is 0 Å². The Morgan fingerprint density at radius 2 is 2.24 bits per heavy atom. The molecule has 0 aromatic carbocycles. The van der Waals surface area contributed by atoms with E-state index in [4.69, 9.17) is 10.5 Å². The van der Waals surface area contributed by atoms with Crippen LogP contribution in [0, 0.1) is 5.92 Å². The Kier molecular flexibility index (Phi) is 3.63. The molecule has 0 aromatic rings. The smallest absolute Gasteiger partial charge is 0.241 e. The average Bonchev–Trinajstić information content (AvgIpc) is 2.75. The van der Waals surface area contributed by atoms with Crippen molar-refractivity contribution in [2.45, 2.75) is 25.5 Å². The summed E-state index contributed by atoms with van der Waals surface area (Å²) in [4.78, 5) is 25.2. The number of carbonyl (C=O) groups is 2. The molecule has 2 heterocycles. The van der Waals surface area contributed by atoms with Crippen LogP contribution < -0.4 is 11.1 Å². The molecule has 2 fully saturated rings. The highest BCUT2D eigenvalue weighted by Gasteiger charge is 2.37. The third-order valence-corrected chi connectivity index (χ3v) is 3.40. The van der Waals surface area contributed by atoms with E-state index in [-0.39, 0.29) is 17.9 Å². The number of piperazine rings is 1. The molecule has 0 aliphatic carbocycles. The third-order valence-electron chi connectivity index (χ3n) is 3.40. The maximum absolute atomic E-state index is 12.3. The second-order valence-electron chi connectivity index (χ2n) is 4.73. The molecule has 3 atom stereocenters. The predicted molar refractivity (Wildman–Crippen MR) is 61.1 cm³/mol. The Balaban J connectivity index is 2.03. The van der Waals surface area contributed by atoms with E-state index in [1.807, 2.05) is 6.92 Å². The molecule has 0 saturated carbocycles. The fraction of sp³-hybridized carbons (Fsp3) is 0.818. The largest absolute Gasteiger partial charge is 0.378 e. The Morgan fingerprint density at radius 1 is 1.47 bits per heavy atom. The maximum atomic E-state index is 12.3. The topological polar surface area (TPSA) is 84.7 Å². The first-order valence-electron chi connectivity index (χ1n) is 6.01. The van der Waals surface area contributed by atoms with Gasteiger partial charge in [-0.2, -0.15) is 0 Å². The highest BCUT2D eigenvalue weighted by atomic mass is 16.5. The van der Waals surface area contributed by atoms with E-state index in [0.29, 0.717) is 26.2 Å². The molecule has 2 rings (SSSR count). The summed E-state index contributed by atoms with van der Waals surface area (Å²) in [5.74, 6) is -0.567. The van der Waals surface area contributed by atoms with Crippen LogP contribution in [0.5, 0.6) is 0 Å². The Morgan fingerprint density at radius 3 is 2.82 bits per heavy atom. The highest BCUT2D eigenvalue weighted by molar-refractivity contribution is 5.88. The van der Waals surface area contributed by atoms with Gasteiger partial charge in [0.25, 0.3) is 0 Å². The van der Waals surface area contributed by atoms with E-state index in [1.54, 1.807) is 4.90 Å². The van der Waals surface area contributed by atoms with Crippen LogP contribution in [-0.2, 0) is 14.3 Å². The number of amides is 2. The van der Waals surface area contributed by atoms with E-state index < -0.39 is 11.9 Å². The molecule has 2 aliphatic heterocycles. The molecular formula is C11H19N3O3. The minimum atomic E-state index is -0.521. The first kappa shape index (κ1) is 12.3. The van der Waals surface area contributed by atoms with E-state index in [2.05, 4.69) is 5.32 Å². The fourth-order valence-corrected chi connectivity index (χ4v) is 2.45. The average molecular weight is 241 g/mol. The lowest BCUT2D eigenvalue weighted by Crippen LogP contribution is -2.59. The second kappa shape index (κ2) is 5.01. The van der Waals surface area contributed by atoms with Crippen molar-refractivity contribution in [1.82, 2.24) is 10.2 Å². The molecule has 0 bridgehead atoms. The van der Waals surface area contributed by atoms with Gasteiger partial charge in [0.05, 0.1) is 18.6 Å². The number of primary amides is 1. The molecule has 3 N–H and O–H groups in total. The lowest BCUT2D eigenvalue weighted by molar-refractivity contribution is -0.143. The molecule has 2 aliphatic rings. The number of nitrogens with one attached hydrogen (secondary N) is 1. The maximum Gasteiger partial charge on any atom is 0.241 e. The predicted octanol–water partition coefficient (Wildman–Crippen LogP) is -1.30. The molecular weight excluding hydrogens is 222 g/mol. The summed E-state index contributed by atoms with van der Waals surface area (Å²) in [7, 11) is 0. The van der Waals surface area contributed by atoms with E-state index in [0.717, 1.165) is 6.42 Å². The second-order valence-corrected chi connectivity index (χ2v) is 4.73. The number of hydrogen-bond acceptors (Lipinski definition) is 4. The number of ether oxygens (including phenoxy) is 1. The van der Waals surface area contributed by atoms with E-state index in [9.17, 15) is 9.59 Å². The number of nitrogens with two attached hydrogens (primary N) is 1. The molecule has 96 valence electrons. The Labute approximate surface area is 100 Å². The van der Waals surface area contributed by atoms with Crippen molar-refractivity contribution in [3.8, 4) is 0 Å². The van der Waals surface area contributed by atoms with Crippen LogP contribution in [0.3, 0.4) is 0 Å². The molecule has 3 unspecified atom stereocenters. The van der Waals surface area contributed by atoms with Crippen LogP contribution >= 0.6 is 0 Å². The van der Waals surface area contributed by atoms with Gasteiger partial charge in [0.1, 0.15) is 6.04 Å². The summed E-state index contributed by atoms with van der Waals surface area (Å²) in [6.07, 6.45) is 0.854. The molecule has 17 heavy (non-hydrogen) atoms. The van der Waals surface area contributed by atoms with Gasteiger partial charge in [0.2, 0.25) is 11.8 Å². The first-order chi connectivity index (χ1) is 8.09. The SMILES string of the molecule is CC1CC(C(=O)N2CCNCC2C(N)=O)CO1. The van der Waals surface area contributed by atoms with Gasteiger partial charge in [-0.25, -0.2) is 0 Å². The van der Waals surface area contributed by atoms with Crippen molar-refractivity contribution in [3.63, 3.8) is 0 Å². The quantitative estimate of drug-likeness (QED) is 0.629. The van der Waals surface area contributed by atoms with Crippen molar-refractivity contribution < 1.29 is 14.3 Å². The summed E-state index contributed by atoms with van der Waals surface area (Å²) < 4.78 is 5.39. The number of nitrogens with zero attached hydrogens (tertiary/aromatic N) is 1.